The molecule has 0 spiro atoms. The number of hydrogen-bond acceptors (Lipinski definition) is 8. The van der Waals surface area contributed by atoms with E-state index in [1.807, 2.05) is 71.4 Å². The zero-order valence-electron chi connectivity index (χ0n) is 22.3. The second-order valence-corrected chi connectivity index (χ2v) is 10.2. The van der Waals surface area contributed by atoms with Gasteiger partial charge in [-0.2, -0.15) is 0 Å². The fourth-order valence-corrected chi connectivity index (χ4v) is 5.55. The Bertz CT molecular complexity index is 1780. The van der Waals surface area contributed by atoms with Crippen molar-refractivity contribution in [3.05, 3.63) is 113 Å². The van der Waals surface area contributed by atoms with Crippen molar-refractivity contribution in [2.45, 2.75) is 13.1 Å². The Kier molecular flexibility index (Phi) is 7.22. The molecule has 4 heterocycles. The van der Waals surface area contributed by atoms with E-state index < -0.39 is 5.97 Å². The van der Waals surface area contributed by atoms with Crippen LogP contribution in [0.2, 0.25) is 0 Å². The SMILES string of the molecule is COC(=O)c1ccc(Cn2cc(/C=C3\SC(=Nc4ccc(OC)cc4)N(Cc4ccco4)C3=O)c3ccccc32)o1. The highest BCUT2D eigenvalue weighted by Crippen LogP contribution is 2.37. The first-order valence-corrected chi connectivity index (χ1v) is 13.6. The van der Waals surface area contributed by atoms with E-state index in [9.17, 15) is 9.59 Å². The van der Waals surface area contributed by atoms with E-state index in [2.05, 4.69) is 0 Å². The van der Waals surface area contributed by atoms with Crippen molar-refractivity contribution < 1.29 is 27.9 Å². The molecule has 0 aliphatic carbocycles. The molecule has 2 aromatic carbocycles. The van der Waals surface area contributed by atoms with Crippen LogP contribution in [0, 0.1) is 0 Å². The summed E-state index contributed by atoms with van der Waals surface area (Å²) >= 11 is 1.31. The van der Waals surface area contributed by atoms with E-state index in [1.165, 1.54) is 18.9 Å². The van der Waals surface area contributed by atoms with E-state index in [0.717, 1.165) is 22.2 Å². The van der Waals surface area contributed by atoms with Gasteiger partial charge in [0.2, 0.25) is 5.76 Å². The molecule has 0 N–H and O–H groups in total. The van der Waals surface area contributed by atoms with Crippen molar-refractivity contribution in [3.8, 4) is 5.75 Å². The summed E-state index contributed by atoms with van der Waals surface area (Å²) in [5.41, 5.74) is 2.54. The first kappa shape index (κ1) is 26.3. The average Bonchev–Trinajstić information content (AvgIpc) is 3.80. The number of methoxy groups -OCH3 is 2. The van der Waals surface area contributed by atoms with Crippen molar-refractivity contribution >= 4 is 51.5 Å². The number of carbonyl (C=O) groups excluding carboxylic acids is 2. The molecule has 1 aliphatic rings. The summed E-state index contributed by atoms with van der Waals surface area (Å²) in [5.74, 6) is 1.45. The van der Waals surface area contributed by atoms with Crippen LogP contribution in [0.15, 0.2) is 104 Å². The Morgan fingerprint density at radius 1 is 0.976 bits per heavy atom. The molecule has 0 saturated carbocycles. The molecule has 5 aromatic rings. The van der Waals surface area contributed by atoms with Gasteiger partial charge >= 0.3 is 5.97 Å². The average molecular weight is 568 g/mol. The summed E-state index contributed by atoms with van der Waals surface area (Å²) in [4.78, 5) is 32.5. The van der Waals surface area contributed by atoms with Crippen LogP contribution < -0.4 is 4.74 Å². The van der Waals surface area contributed by atoms with Crippen LogP contribution >= 0.6 is 11.8 Å². The predicted octanol–water partition coefficient (Wildman–Crippen LogP) is 6.48. The Labute approximate surface area is 239 Å². The number of thioether (sulfide) groups is 1. The largest absolute Gasteiger partial charge is 0.497 e. The van der Waals surface area contributed by atoms with Crippen molar-refractivity contribution in [1.82, 2.24) is 9.47 Å². The van der Waals surface area contributed by atoms with Gasteiger partial charge in [0.25, 0.3) is 5.91 Å². The number of esters is 1. The summed E-state index contributed by atoms with van der Waals surface area (Å²) < 4.78 is 23.3. The maximum absolute atomic E-state index is 13.7. The molecule has 1 fully saturated rings. The van der Waals surface area contributed by atoms with Gasteiger partial charge < -0.3 is 22.9 Å². The number of furan rings is 2. The van der Waals surface area contributed by atoms with Crippen molar-refractivity contribution in [3.63, 3.8) is 0 Å². The standard InChI is InChI=1S/C31H25N3O6S/c1-37-22-11-9-21(10-12-22)32-31-34(19-23-6-5-15-39-23)29(35)28(41-31)16-20-17-33(26-8-4-3-7-25(20)26)18-24-13-14-27(40-24)30(36)38-2/h3-17H,18-19H2,1-2H3/b28-16-,32-31?. The number of para-hydroxylation sites is 1. The van der Waals surface area contributed by atoms with E-state index in [1.54, 1.807) is 36.5 Å². The number of amidine groups is 1. The van der Waals surface area contributed by atoms with Crippen molar-refractivity contribution in [2.75, 3.05) is 14.2 Å². The Morgan fingerprint density at radius 2 is 1.80 bits per heavy atom. The summed E-state index contributed by atoms with van der Waals surface area (Å²) in [7, 11) is 2.93. The monoisotopic (exact) mass is 567 g/mol. The maximum Gasteiger partial charge on any atom is 0.373 e. The number of fused-ring (bicyclic) bond motifs is 1. The van der Waals surface area contributed by atoms with Gasteiger partial charge in [-0.25, -0.2) is 9.79 Å². The van der Waals surface area contributed by atoms with Gasteiger partial charge in [0.05, 0.1) is 44.2 Å². The normalized spacial score (nSPS) is 15.4. The molecule has 10 heteroatoms. The lowest BCUT2D eigenvalue weighted by molar-refractivity contribution is -0.122. The fraction of sp³-hybridized carbons (Fsp3) is 0.129. The molecular formula is C31H25N3O6S. The van der Waals surface area contributed by atoms with Crippen LogP contribution in [0.4, 0.5) is 5.69 Å². The van der Waals surface area contributed by atoms with Gasteiger partial charge in [-0.05, 0) is 72.4 Å². The van der Waals surface area contributed by atoms with Gasteiger partial charge in [0, 0.05) is 22.7 Å². The quantitative estimate of drug-likeness (QED) is 0.156. The van der Waals surface area contributed by atoms with Gasteiger partial charge in [0.1, 0.15) is 17.3 Å². The molecule has 41 heavy (non-hydrogen) atoms. The predicted molar refractivity (Wildman–Crippen MR) is 156 cm³/mol. The molecule has 0 unspecified atom stereocenters. The van der Waals surface area contributed by atoms with Gasteiger partial charge in [-0.15, -0.1) is 0 Å². The maximum atomic E-state index is 13.7. The van der Waals surface area contributed by atoms with Gasteiger partial charge in [-0.3, -0.25) is 9.69 Å². The minimum atomic E-state index is -0.526. The van der Waals surface area contributed by atoms with E-state index >= 15 is 0 Å². The zero-order chi connectivity index (χ0) is 28.3. The highest BCUT2D eigenvalue weighted by molar-refractivity contribution is 8.18. The van der Waals surface area contributed by atoms with Crippen LogP contribution in [0.3, 0.4) is 0 Å². The molecule has 3 aromatic heterocycles. The number of rotatable bonds is 8. The summed E-state index contributed by atoms with van der Waals surface area (Å²) in [5, 5.41) is 1.53. The van der Waals surface area contributed by atoms with Crippen LogP contribution in [0.1, 0.15) is 27.6 Å². The first-order valence-electron chi connectivity index (χ1n) is 12.7. The number of aromatic nitrogens is 1. The lowest BCUT2D eigenvalue weighted by Crippen LogP contribution is -2.28. The van der Waals surface area contributed by atoms with Gasteiger partial charge in [0.15, 0.2) is 5.17 Å². The molecular weight excluding hydrogens is 542 g/mol. The topological polar surface area (TPSA) is 99.4 Å². The van der Waals surface area contributed by atoms with Crippen LogP contribution in [0.5, 0.6) is 5.75 Å². The van der Waals surface area contributed by atoms with E-state index in [-0.39, 0.29) is 18.2 Å². The molecule has 1 saturated heterocycles. The number of carbonyl (C=O) groups is 2. The molecule has 9 nitrogen and oxygen atoms in total. The Balaban J connectivity index is 1.35. The highest BCUT2D eigenvalue weighted by atomic mass is 32.2. The van der Waals surface area contributed by atoms with E-state index in [4.69, 9.17) is 23.3 Å². The minimum Gasteiger partial charge on any atom is -0.497 e. The van der Waals surface area contributed by atoms with Crippen LogP contribution in [0.25, 0.3) is 17.0 Å². The number of ether oxygens (including phenoxy) is 2. The van der Waals surface area contributed by atoms with Crippen LogP contribution in [-0.2, 0) is 22.6 Å². The summed E-state index contributed by atoms with van der Waals surface area (Å²) in [6.45, 7) is 0.657. The number of hydrogen-bond donors (Lipinski definition) is 0. The molecule has 1 amide bonds. The third kappa shape index (κ3) is 5.42. The molecule has 0 radical (unpaired) electrons. The number of aliphatic imine (C=N–C) groups is 1. The summed E-state index contributed by atoms with van der Waals surface area (Å²) in [6.07, 6.45) is 5.45. The molecule has 1 aliphatic heterocycles. The minimum absolute atomic E-state index is 0.148. The van der Waals surface area contributed by atoms with Crippen LogP contribution in [-0.4, -0.2) is 40.7 Å². The van der Waals surface area contributed by atoms with E-state index in [0.29, 0.717) is 33.8 Å². The third-order valence-corrected chi connectivity index (χ3v) is 7.57. The zero-order valence-corrected chi connectivity index (χ0v) is 23.1. The Morgan fingerprint density at radius 3 is 2.56 bits per heavy atom. The summed E-state index contributed by atoms with van der Waals surface area (Å²) in [6, 6.07) is 22.3. The molecule has 6 rings (SSSR count). The lowest BCUT2D eigenvalue weighted by atomic mass is 10.1. The number of amides is 1. The highest BCUT2D eigenvalue weighted by Gasteiger charge is 2.34. The second kappa shape index (κ2) is 11.3. The second-order valence-electron chi connectivity index (χ2n) is 9.16. The third-order valence-electron chi connectivity index (χ3n) is 6.56. The van der Waals surface area contributed by atoms with Gasteiger partial charge in [-0.1, -0.05) is 18.2 Å². The van der Waals surface area contributed by atoms with Crippen molar-refractivity contribution in [1.29, 1.82) is 0 Å². The smallest absolute Gasteiger partial charge is 0.373 e. The fourth-order valence-electron chi connectivity index (χ4n) is 4.56. The molecule has 0 atom stereocenters. The lowest BCUT2D eigenvalue weighted by Gasteiger charge is -2.13. The number of nitrogens with zero attached hydrogens (tertiary/aromatic N) is 3. The molecule has 0 bridgehead atoms. The van der Waals surface area contributed by atoms with Crippen molar-refractivity contribution in [2.24, 2.45) is 4.99 Å². The first-order chi connectivity index (χ1) is 20.0. The molecule has 206 valence electrons. The number of benzene rings is 2. The Hall–Kier alpha value is -4.96.